The summed E-state index contributed by atoms with van der Waals surface area (Å²) in [5.74, 6) is -1.68. The molecule has 2 aromatic rings. The number of aryl methyl sites for hydroxylation is 1. The minimum atomic E-state index is -1.05. The molecule has 1 unspecified atom stereocenters. The van der Waals surface area contributed by atoms with E-state index in [4.69, 9.17) is 4.74 Å². The average Bonchev–Trinajstić information content (AvgIpc) is 2.89. The number of thiophene rings is 1. The van der Waals surface area contributed by atoms with E-state index in [1.165, 1.54) is 32.1 Å². The quantitative estimate of drug-likeness (QED) is 0.623. The second kappa shape index (κ2) is 9.33. The molecular formula is C20H23N3O5S. The first-order valence-electron chi connectivity index (χ1n) is 8.85. The Balaban J connectivity index is 2.05. The molecule has 1 aromatic carbocycles. The van der Waals surface area contributed by atoms with Crippen LogP contribution < -0.4 is 16.0 Å². The van der Waals surface area contributed by atoms with Gasteiger partial charge in [0.1, 0.15) is 5.00 Å². The fraction of sp³-hybridized carbons (Fsp3) is 0.300. The molecule has 8 nitrogen and oxygen atoms in total. The van der Waals surface area contributed by atoms with Crippen LogP contribution in [0.3, 0.4) is 0 Å². The molecule has 0 aliphatic heterocycles. The molecule has 29 heavy (non-hydrogen) atoms. The Labute approximate surface area is 172 Å². The van der Waals surface area contributed by atoms with Gasteiger partial charge in [0.05, 0.1) is 5.56 Å². The lowest BCUT2D eigenvalue weighted by molar-refractivity contribution is -0.123. The molecule has 0 saturated carbocycles. The number of anilines is 3. The van der Waals surface area contributed by atoms with E-state index < -0.39 is 18.0 Å². The van der Waals surface area contributed by atoms with Crippen molar-refractivity contribution in [3.8, 4) is 0 Å². The number of carbonyl (C=O) groups is 4. The normalized spacial score (nSPS) is 11.3. The molecule has 1 heterocycles. The summed E-state index contributed by atoms with van der Waals surface area (Å²) in [5.41, 5.74) is 2.05. The highest BCUT2D eigenvalue weighted by atomic mass is 32.1. The molecule has 9 heteroatoms. The van der Waals surface area contributed by atoms with Gasteiger partial charge in [0, 0.05) is 30.1 Å². The van der Waals surface area contributed by atoms with Crippen molar-refractivity contribution < 1.29 is 23.9 Å². The summed E-state index contributed by atoms with van der Waals surface area (Å²) in [6.45, 7) is 7.82. The molecule has 0 saturated heterocycles. The van der Waals surface area contributed by atoms with E-state index in [0.29, 0.717) is 21.9 Å². The molecule has 0 aliphatic carbocycles. The molecule has 0 fully saturated rings. The van der Waals surface area contributed by atoms with Crippen molar-refractivity contribution in [2.24, 2.45) is 0 Å². The second-order valence-electron chi connectivity index (χ2n) is 6.46. The van der Waals surface area contributed by atoms with Crippen molar-refractivity contribution in [1.29, 1.82) is 0 Å². The van der Waals surface area contributed by atoms with Gasteiger partial charge in [-0.1, -0.05) is 0 Å². The molecule has 0 radical (unpaired) electrons. The minimum Gasteiger partial charge on any atom is -0.449 e. The number of esters is 1. The van der Waals surface area contributed by atoms with Crippen LogP contribution >= 0.6 is 11.3 Å². The summed E-state index contributed by atoms with van der Waals surface area (Å²) in [5, 5.41) is 8.30. The smallest absolute Gasteiger partial charge is 0.342 e. The minimum absolute atomic E-state index is 0.195. The molecular weight excluding hydrogens is 394 g/mol. The number of carbonyl (C=O) groups excluding carboxylic acids is 4. The molecule has 0 bridgehead atoms. The molecule has 154 valence electrons. The Bertz CT molecular complexity index is 950. The lowest BCUT2D eigenvalue weighted by Gasteiger charge is -2.14. The van der Waals surface area contributed by atoms with Crippen LogP contribution in [0, 0.1) is 13.8 Å². The summed E-state index contributed by atoms with van der Waals surface area (Å²) >= 11 is 1.28. The van der Waals surface area contributed by atoms with Gasteiger partial charge in [-0.05, 0) is 50.6 Å². The van der Waals surface area contributed by atoms with Gasteiger partial charge in [-0.3, -0.25) is 14.4 Å². The number of benzene rings is 1. The van der Waals surface area contributed by atoms with Crippen LogP contribution in [-0.2, 0) is 19.1 Å². The van der Waals surface area contributed by atoms with Crippen LogP contribution in [0.1, 0.15) is 41.6 Å². The Morgan fingerprint density at radius 1 is 0.897 bits per heavy atom. The van der Waals surface area contributed by atoms with Gasteiger partial charge < -0.3 is 20.7 Å². The predicted molar refractivity (Wildman–Crippen MR) is 112 cm³/mol. The number of hydrogen-bond acceptors (Lipinski definition) is 6. The van der Waals surface area contributed by atoms with Gasteiger partial charge in [0.15, 0.2) is 6.10 Å². The molecule has 0 spiro atoms. The zero-order chi connectivity index (χ0) is 21.7. The van der Waals surface area contributed by atoms with Crippen molar-refractivity contribution in [3.05, 3.63) is 40.3 Å². The Hall–Kier alpha value is -3.20. The Kier molecular flexibility index (Phi) is 7.11. The number of nitrogens with one attached hydrogen (secondary N) is 3. The Morgan fingerprint density at radius 3 is 1.93 bits per heavy atom. The van der Waals surface area contributed by atoms with Crippen molar-refractivity contribution >= 4 is 51.4 Å². The van der Waals surface area contributed by atoms with Gasteiger partial charge in [-0.2, -0.15) is 0 Å². The van der Waals surface area contributed by atoms with Crippen LogP contribution in [0.15, 0.2) is 24.3 Å². The van der Waals surface area contributed by atoms with Crippen LogP contribution in [0.25, 0.3) is 0 Å². The standard InChI is InChI=1S/C20H23N3O5S/c1-10-12(3)29-19(22-14(5)25)17(10)20(27)28-11(2)18(26)23-16-8-6-15(7-9-16)21-13(4)24/h6-9,11H,1-5H3,(H,21,24)(H,22,25)(H,23,26). The Morgan fingerprint density at radius 2 is 1.41 bits per heavy atom. The molecule has 2 rings (SSSR count). The average molecular weight is 417 g/mol. The van der Waals surface area contributed by atoms with Gasteiger partial charge in [-0.25, -0.2) is 4.79 Å². The van der Waals surface area contributed by atoms with Gasteiger partial charge >= 0.3 is 5.97 Å². The van der Waals surface area contributed by atoms with Gasteiger partial charge in [-0.15, -0.1) is 11.3 Å². The van der Waals surface area contributed by atoms with Crippen molar-refractivity contribution in [1.82, 2.24) is 0 Å². The lowest BCUT2D eigenvalue weighted by atomic mass is 10.1. The molecule has 3 N–H and O–H groups in total. The van der Waals surface area contributed by atoms with E-state index in [-0.39, 0.29) is 17.4 Å². The first-order valence-corrected chi connectivity index (χ1v) is 9.67. The largest absolute Gasteiger partial charge is 0.449 e. The van der Waals surface area contributed by atoms with E-state index >= 15 is 0 Å². The lowest BCUT2D eigenvalue weighted by Crippen LogP contribution is -2.30. The predicted octanol–water partition coefficient (Wildman–Crippen LogP) is 3.47. The molecule has 3 amide bonds. The molecule has 1 atom stereocenters. The topological polar surface area (TPSA) is 114 Å². The van der Waals surface area contributed by atoms with E-state index in [9.17, 15) is 19.2 Å². The van der Waals surface area contributed by atoms with Crippen molar-refractivity contribution in [2.45, 2.75) is 40.7 Å². The molecule has 0 aliphatic rings. The highest BCUT2D eigenvalue weighted by molar-refractivity contribution is 7.16. The van der Waals surface area contributed by atoms with E-state index in [2.05, 4.69) is 16.0 Å². The first kappa shape index (κ1) is 22.1. The summed E-state index contributed by atoms with van der Waals surface area (Å²) in [4.78, 5) is 48.3. The van der Waals surface area contributed by atoms with Gasteiger partial charge in [0.25, 0.3) is 5.91 Å². The van der Waals surface area contributed by atoms with Gasteiger partial charge in [0.2, 0.25) is 11.8 Å². The SMILES string of the molecule is CC(=O)Nc1ccc(NC(=O)C(C)OC(=O)c2c(NC(C)=O)sc(C)c2C)cc1. The molecule has 1 aromatic heterocycles. The third-order valence-electron chi connectivity index (χ3n) is 4.00. The van der Waals surface area contributed by atoms with E-state index in [1.807, 2.05) is 6.92 Å². The highest BCUT2D eigenvalue weighted by Gasteiger charge is 2.25. The van der Waals surface area contributed by atoms with Crippen LogP contribution in [-0.4, -0.2) is 29.8 Å². The third kappa shape index (κ3) is 5.89. The summed E-state index contributed by atoms with van der Waals surface area (Å²) < 4.78 is 5.31. The summed E-state index contributed by atoms with van der Waals surface area (Å²) in [7, 11) is 0. The summed E-state index contributed by atoms with van der Waals surface area (Å²) in [6.07, 6.45) is -1.05. The van der Waals surface area contributed by atoms with Crippen molar-refractivity contribution in [3.63, 3.8) is 0 Å². The van der Waals surface area contributed by atoms with Crippen LogP contribution in [0.2, 0.25) is 0 Å². The number of rotatable bonds is 6. The number of ether oxygens (including phenoxy) is 1. The number of hydrogen-bond donors (Lipinski definition) is 3. The third-order valence-corrected chi connectivity index (χ3v) is 5.13. The first-order chi connectivity index (χ1) is 13.6. The fourth-order valence-electron chi connectivity index (χ4n) is 2.48. The van der Waals surface area contributed by atoms with E-state index in [1.54, 1.807) is 31.2 Å². The van der Waals surface area contributed by atoms with E-state index in [0.717, 1.165) is 4.88 Å². The maximum atomic E-state index is 12.6. The monoisotopic (exact) mass is 417 g/mol. The zero-order valence-electron chi connectivity index (χ0n) is 16.8. The van der Waals surface area contributed by atoms with Crippen LogP contribution in [0.4, 0.5) is 16.4 Å². The summed E-state index contributed by atoms with van der Waals surface area (Å²) in [6, 6.07) is 6.54. The van der Waals surface area contributed by atoms with Crippen molar-refractivity contribution in [2.75, 3.05) is 16.0 Å². The zero-order valence-corrected chi connectivity index (χ0v) is 17.7. The maximum Gasteiger partial charge on any atom is 0.342 e. The fourth-order valence-corrected chi connectivity index (χ4v) is 3.57. The van der Waals surface area contributed by atoms with Crippen LogP contribution in [0.5, 0.6) is 0 Å². The second-order valence-corrected chi connectivity index (χ2v) is 7.69. The highest BCUT2D eigenvalue weighted by Crippen LogP contribution is 2.33. The maximum absolute atomic E-state index is 12.6. The number of amides is 3.